The predicted octanol–water partition coefficient (Wildman–Crippen LogP) is 1.54. The van der Waals surface area contributed by atoms with Gasteiger partial charge in [-0.05, 0) is 31.7 Å². The molecular formula is C11H17N3O. The van der Waals surface area contributed by atoms with E-state index in [-0.39, 0.29) is 5.56 Å². The Morgan fingerprint density at radius 1 is 1.53 bits per heavy atom. The van der Waals surface area contributed by atoms with Crippen LogP contribution in [0.5, 0.6) is 0 Å². The van der Waals surface area contributed by atoms with E-state index < -0.39 is 0 Å². The van der Waals surface area contributed by atoms with Crippen molar-refractivity contribution in [2.24, 2.45) is 0 Å². The molecule has 0 radical (unpaired) electrons. The van der Waals surface area contributed by atoms with Crippen molar-refractivity contribution in [2.45, 2.75) is 38.6 Å². The highest BCUT2D eigenvalue weighted by molar-refractivity contribution is 5.38. The number of hydrogen-bond acceptors (Lipinski definition) is 3. The summed E-state index contributed by atoms with van der Waals surface area (Å²) in [6.07, 6.45) is 4.90. The fraction of sp³-hybridized carbons (Fsp3) is 0.636. The molecular weight excluding hydrogens is 190 g/mol. The predicted molar refractivity (Wildman–Crippen MR) is 60.1 cm³/mol. The number of anilines is 1. The molecule has 1 atom stereocenters. The topological polar surface area (TPSA) is 49.0 Å². The largest absolute Gasteiger partial charge is 0.352 e. The SMILES string of the molecule is CC[C@@H]1CCCCN1c1ccc(=O)[nH]n1. The zero-order chi connectivity index (χ0) is 10.7. The second-order valence-corrected chi connectivity index (χ2v) is 4.03. The molecule has 2 heterocycles. The van der Waals surface area contributed by atoms with Gasteiger partial charge >= 0.3 is 0 Å². The number of piperidine rings is 1. The van der Waals surface area contributed by atoms with Gasteiger partial charge in [-0.15, -0.1) is 0 Å². The lowest BCUT2D eigenvalue weighted by Crippen LogP contribution is -2.40. The van der Waals surface area contributed by atoms with Crippen LogP contribution in [-0.2, 0) is 0 Å². The van der Waals surface area contributed by atoms with Crippen LogP contribution in [0.25, 0.3) is 0 Å². The fourth-order valence-electron chi connectivity index (χ4n) is 2.22. The molecule has 0 spiro atoms. The number of rotatable bonds is 2. The molecule has 1 aliphatic rings. The molecule has 1 aliphatic heterocycles. The molecule has 82 valence electrons. The van der Waals surface area contributed by atoms with Gasteiger partial charge < -0.3 is 4.90 Å². The van der Waals surface area contributed by atoms with E-state index in [1.54, 1.807) is 6.07 Å². The van der Waals surface area contributed by atoms with E-state index in [0.717, 1.165) is 18.8 Å². The smallest absolute Gasteiger partial charge is 0.264 e. The van der Waals surface area contributed by atoms with E-state index >= 15 is 0 Å². The molecule has 1 aromatic heterocycles. The monoisotopic (exact) mass is 207 g/mol. The van der Waals surface area contributed by atoms with Gasteiger partial charge in [0.1, 0.15) is 5.82 Å². The van der Waals surface area contributed by atoms with Crippen LogP contribution in [0, 0.1) is 0 Å². The van der Waals surface area contributed by atoms with Crippen LogP contribution in [0.4, 0.5) is 5.82 Å². The Labute approximate surface area is 89.3 Å². The number of aromatic nitrogens is 2. The van der Waals surface area contributed by atoms with Crippen molar-refractivity contribution in [1.29, 1.82) is 0 Å². The van der Waals surface area contributed by atoms with E-state index in [9.17, 15) is 4.79 Å². The molecule has 1 fully saturated rings. The lowest BCUT2D eigenvalue weighted by atomic mass is 10.0. The van der Waals surface area contributed by atoms with Crippen molar-refractivity contribution in [3.8, 4) is 0 Å². The van der Waals surface area contributed by atoms with Gasteiger partial charge in [0, 0.05) is 18.7 Å². The number of nitrogens with zero attached hydrogens (tertiary/aromatic N) is 2. The quantitative estimate of drug-likeness (QED) is 0.800. The molecule has 4 heteroatoms. The van der Waals surface area contributed by atoms with Crippen molar-refractivity contribution in [3.05, 3.63) is 22.5 Å². The first-order valence-corrected chi connectivity index (χ1v) is 5.63. The van der Waals surface area contributed by atoms with Crippen molar-refractivity contribution in [2.75, 3.05) is 11.4 Å². The minimum absolute atomic E-state index is 0.135. The highest BCUT2D eigenvalue weighted by Gasteiger charge is 2.21. The van der Waals surface area contributed by atoms with E-state index in [4.69, 9.17) is 0 Å². The zero-order valence-corrected chi connectivity index (χ0v) is 9.07. The standard InChI is InChI=1S/C11H17N3O/c1-2-9-5-3-4-8-14(9)10-6-7-11(15)13-12-10/h6-7,9H,2-5,8H2,1H3,(H,13,15)/t9-/m1/s1. The van der Waals surface area contributed by atoms with Crippen LogP contribution in [0.2, 0.25) is 0 Å². The van der Waals surface area contributed by atoms with Crippen molar-refractivity contribution in [1.82, 2.24) is 10.2 Å². The Morgan fingerprint density at radius 2 is 2.40 bits per heavy atom. The fourth-order valence-corrected chi connectivity index (χ4v) is 2.22. The number of nitrogens with one attached hydrogen (secondary N) is 1. The number of aromatic amines is 1. The van der Waals surface area contributed by atoms with Crippen LogP contribution in [0.15, 0.2) is 16.9 Å². The first-order valence-electron chi connectivity index (χ1n) is 5.63. The minimum atomic E-state index is -0.135. The molecule has 0 unspecified atom stereocenters. The summed E-state index contributed by atoms with van der Waals surface area (Å²) in [6.45, 7) is 3.26. The lowest BCUT2D eigenvalue weighted by Gasteiger charge is -2.35. The molecule has 0 aromatic carbocycles. The molecule has 4 nitrogen and oxygen atoms in total. The summed E-state index contributed by atoms with van der Waals surface area (Å²) in [5.74, 6) is 0.904. The third-order valence-electron chi connectivity index (χ3n) is 3.06. The third-order valence-corrected chi connectivity index (χ3v) is 3.06. The summed E-state index contributed by atoms with van der Waals surface area (Å²) in [5, 5.41) is 6.58. The summed E-state index contributed by atoms with van der Waals surface area (Å²) < 4.78 is 0. The zero-order valence-electron chi connectivity index (χ0n) is 9.07. The highest BCUT2D eigenvalue weighted by atomic mass is 16.1. The molecule has 0 saturated carbocycles. The summed E-state index contributed by atoms with van der Waals surface area (Å²) in [5.41, 5.74) is -0.135. The maximum absolute atomic E-state index is 10.9. The van der Waals surface area contributed by atoms with Gasteiger partial charge in [0.05, 0.1) is 0 Å². The van der Waals surface area contributed by atoms with E-state index in [1.165, 1.54) is 19.3 Å². The van der Waals surface area contributed by atoms with Gasteiger partial charge in [-0.1, -0.05) is 6.92 Å². The summed E-state index contributed by atoms with van der Waals surface area (Å²) in [7, 11) is 0. The van der Waals surface area contributed by atoms with Gasteiger partial charge in [-0.3, -0.25) is 4.79 Å². The summed E-state index contributed by atoms with van der Waals surface area (Å²) in [6, 6.07) is 3.94. The average Bonchev–Trinajstić information content (AvgIpc) is 2.30. The van der Waals surface area contributed by atoms with E-state index in [1.807, 2.05) is 6.07 Å². The third kappa shape index (κ3) is 2.19. The Bertz CT molecular complexity index is 354. The highest BCUT2D eigenvalue weighted by Crippen LogP contribution is 2.23. The Hall–Kier alpha value is -1.32. The second-order valence-electron chi connectivity index (χ2n) is 4.03. The summed E-state index contributed by atoms with van der Waals surface area (Å²) >= 11 is 0. The Balaban J connectivity index is 2.20. The Morgan fingerprint density at radius 3 is 3.07 bits per heavy atom. The Kier molecular flexibility index (Phi) is 3.04. The lowest BCUT2D eigenvalue weighted by molar-refractivity contribution is 0.445. The molecule has 0 bridgehead atoms. The number of hydrogen-bond donors (Lipinski definition) is 1. The van der Waals surface area contributed by atoms with Crippen molar-refractivity contribution < 1.29 is 0 Å². The van der Waals surface area contributed by atoms with Gasteiger partial charge in [0.15, 0.2) is 0 Å². The molecule has 1 saturated heterocycles. The number of H-pyrrole nitrogens is 1. The average molecular weight is 207 g/mol. The first-order chi connectivity index (χ1) is 7.31. The van der Waals surface area contributed by atoms with Gasteiger partial charge in [-0.2, -0.15) is 5.10 Å². The summed E-state index contributed by atoms with van der Waals surface area (Å²) in [4.78, 5) is 13.2. The van der Waals surface area contributed by atoms with Crippen molar-refractivity contribution >= 4 is 5.82 Å². The van der Waals surface area contributed by atoms with Gasteiger partial charge in [0.25, 0.3) is 5.56 Å². The van der Waals surface area contributed by atoms with Crippen LogP contribution in [-0.4, -0.2) is 22.8 Å². The maximum atomic E-state index is 10.9. The van der Waals surface area contributed by atoms with Gasteiger partial charge in [-0.25, -0.2) is 5.10 Å². The van der Waals surface area contributed by atoms with E-state index in [0.29, 0.717) is 6.04 Å². The van der Waals surface area contributed by atoms with Crippen LogP contribution in [0.3, 0.4) is 0 Å². The van der Waals surface area contributed by atoms with Crippen LogP contribution in [0.1, 0.15) is 32.6 Å². The molecule has 0 amide bonds. The van der Waals surface area contributed by atoms with Crippen molar-refractivity contribution in [3.63, 3.8) is 0 Å². The van der Waals surface area contributed by atoms with Crippen LogP contribution >= 0.6 is 0 Å². The van der Waals surface area contributed by atoms with Gasteiger partial charge in [0.2, 0.25) is 0 Å². The molecule has 15 heavy (non-hydrogen) atoms. The molecule has 1 N–H and O–H groups in total. The minimum Gasteiger partial charge on any atom is -0.352 e. The molecule has 0 aliphatic carbocycles. The second kappa shape index (κ2) is 4.47. The normalized spacial score (nSPS) is 21.7. The van der Waals surface area contributed by atoms with E-state index in [2.05, 4.69) is 22.0 Å². The molecule has 1 aromatic rings. The maximum Gasteiger partial charge on any atom is 0.264 e. The first kappa shape index (κ1) is 10.2. The molecule has 2 rings (SSSR count). The van der Waals surface area contributed by atoms with Crippen LogP contribution < -0.4 is 10.5 Å².